The zero-order chi connectivity index (χ0) is 10.2. The zero-order valence-electron chi connectivity index (χ0n) is 7.92. The van der Waals surface area contributed by atoms with E-state index in [9.17, 15) is 4.79 Å². The molecule has 14 heavy (non-hydrogen) atoms. The van der Waals surface area contributed by atoms with Crippen molar-refractivity contribution in [2.45, 2.75) is 25.4 Å². The number of carbonyl (C=O) groups is 1. The first-order valence-electron chi connectivity index (χ1n) is 4.58. The lowest BCUT2D eigenvalue weighted by molar-refractivity contribution is -0.147. The minimum Gasteiger partial charge on any atom is -0.454 e. The molecule has 0 saturated carbocycles. The molecule has 2 nitrogen and oxygen atoms in total. The lowest BCUT2D eigenvalue weighted by atomic mass is 9.93. The fourth-order valence-electron chi connectivity index (χ4n) is 1.70. The Balaban J connectivity index is 2.30. The maximum Gasteiger partial charge on any atom is 0.306 e. The summed E-state index contributed by atoms with van der Waals surface area (Å²) in [6, 6.07) is 7.43. The third-order valence-electron chi connectivity index (χ3n) is 2.60. The average molecular weight is 211 g/mol. The molecule has 1 atom stereocenters. The predicted molar refractivity (Wildman–Crippen MR) is 54.1 cm³/mol. The summed E-state index contributed by atoms with van der Waals surface area (Å²) in [5.41, 5.74) is 0.551. The molecule has 74 valence electrons. The minimum atomic E-state index is -0.457. The molecule has 1 heterocycles. The van der Waals surface area contributed by atoms with Crippen molar-refractivity contribution in [3.63, 3.8) is 0 Å². The molecule has 1 aliphatic heterocycles. The lowest BCUT2D eigenvalue weighted by Crippen LogP contribution is -2.20. The SMILES string of the molecule is C[C@@]1(c2ccc(Cl)cc2)CCC(=O)O1. The van der Waals surface area contributed by atoms with Crippen LogP contribution >= 0.6 is 11.6 Å². The van der Waals surface area contributed by atoms with Gasteiger partial charge in [-0.2, -0.15) is 0 Å². The Kier molecular flexibility index (Phi) is 2.23. The number of benzene rings is 1. The van der Waals surface area contributed by atoms with E-state index in [1.54, 1.807) is 0 Å². The van der Waals surface area contributed by atoms with Crippen molar-refractivity contribution in [1.82, 2.24) is 0 Å². The molecular formula is C11H11ClO2. The Labute approximate surface area is 87.8 Å². The van der Waals surface area contributed by atoms with Gasteiger partial charge in [0, 0.05) is 17.9 Å². The normalized spacial score (nSPS) is 26.3. The molecular weight excluding hydrogens is 200 g/mol. The van der Waals surface area contributed by atoms with Gasteiger partial charge in [0.25, 0.3) is 0 Å². The Bertz CT molecular complexity index is 358. The maximum atomic E-state index is 11.1. The summed E-state index contributed by atoms with van der Waals surface area (Å²) >= 11 is 5.78. The third kappa shape index (κ3) is 1.62. The van der Waals surface area contributed by atoms with Crippen LogP contribution in [-0.4, -0.2) is 5.97 Å². The van der Waals surface area contributed by atoms with Crippen LogP contribution in [-0.2, 0) is 15.1 Å². The van der Waals surface area contributed by atoms with Crippen LogP contribution in [0.4, 0.5) is 0 Å². The van der Waals surface area contributed by atoms with Gasteiger partial charge in [-0.3, -0.25) is 4.79 Å². The first-order valence-corrected chi connectivity index (χ1v) is 4.96. The van der Waals surface area contributed by atoms with E-state index in [-0.39, 0.29) is 5.97 Å². The van der Waals surface area contributed by atoms with Gasteiger partial charge >= 0.3 is 5.97 Å². The van der Waals surface area contributed by atoms with E-state index in [0.29, 0.717) is 11.4 Å². The van der Waals surface area contributed by atoms with Crippen molar-refractivity contribution in [2.24, 2.45) is 0 Å². The molecule has 0 spiro atoms. The van der Waals surface area contributed by atoms with E-state index < -0.39 is 5.60 Å². The molecule has 1 aromatic rings. The highest BCUT2D eigenvalue weighted by atomic mass is 35.5. The topological polar surface area (TPSA) is 26.3 Å². The summed E-state index contributed by atoms with van der Waals surface area (Å²) in [7, 11) is 0. The third-order valence-corrected chi connectivity index (χ3v) is 2.85. The van der Waals surface area contributed by atoms with Gasteiger partial charge in [0.1, 0.15) is 5.60 Å². The molecule has 1 saturated heterocycles. The summed E-state index contributed by atoms with van der Waals surface area (Å²) < 4.78 is 5.29. The van der Waals surface area contributed by atoms with Crippen LogP contribution in [0.1, 0.15) is 25.3 Å². The van der Waals surface area contributed by atoms with Crippen molar-refractivity contribution >= 4 is 17.6 Å². The smallest absolute Gasteiger partial charge is 0.306 e. The van der Waals surface area contributed by atoms with Gasteiger partial charge in [0.15, 0.2) is 0 Å². The highest BCUT2D eigenvalue weighted by Crippen LogP contribution is 2.36. The molecule has 2 rings (SSSR count). The van der Waals surface area contributed by atoms with Gasteiger partial charge in [0.05, 0.1) is 0 Å². The van der Waals surface area contributed by atoms with E-state index in [0.717, 1.165) is 12.0 Å². The molecule has 0 aliphatic carbocycles. The molecule has 1 aromatic carbocycles. The molecule has 0 N–H and O–H groups in total. The Morgan fingerprint density at radius 3 is 2.50 bits per heavy atom. The van der Waals surface area contributed by atoms with E-state index in [4.69, 9.17) is 16.3 Å². The number of carbonyl (C=O) groups excluding carboxylic acids is 1. The summed E-state index contributed by atoms with van der Waals surface area (Å²) in [5.74, 6) is -0.123. The van der Waals surface area contributed by atoms with E-state index >= 15 is 0 Å². The van der Waals surface area contributed by atoms with E-state index in [1.807, 2.05) is 31.2 Å². The monoisotopic (exact) mass is 210 g/mol. The van der Waals surface area contributed by atoms with E-state index in [2.05, 4.69) is 0 Å². The zero-order valence-corrected chi connectivity index (χ0v) is 8.67. The number of cyclic esters (lactones) is 1. The second kappa shape index (κ2) is 3.28. The fraction of sp³-hybridized carbons (Fsp3) is 0.364. The quantitative estimate of drug-likeness (QED) is 0.667. The maximum absolute atomic E-state index is 11.1. The highest BCUT2D eigenvalue weighted by molar-refractivity contribution is 6.30. The van der Waals surface area contributed by atoms with Crippen LogP contribution in [0.2, 0.25) is 5.02 Å². The van der Waals surface area contributed by atoms with Gasteiger partial charge < -0.3 is 4.74 Å². The number of rotatable bonds is 1. The van der Waals surface area contributed by atoms with E-state index in [1.165, 1.54) is 0 Å². The van der Waals surface area contributed by atoms with Crippen LogP contribution in [0.3, 0.4) is 0 Å². The Morgan fingerprint density at radius 2 is 2.00 bits per heavy atom. The van der Waals surface area contributed by atoms with Gasteiger partial charge in [-0.15, -0.1) is 0 Å². The Hall–Kier alpha value is -1.02. The summed E-state index contributed by atoms with van der Waals surface area (Å²) in [4.78, 5) is 11.1. The van der Waals surface area contributed by atoms with Crippen LogP contribution < -0.4 is 0 Å². The van der Waals surface area contributed by atoms with Crippen molar-refractivity contribution in [2.75, 3.05) is 0 Å². The Morgan fingerprint density at radius 1 is 1.36 bits per heavy atom. The number of hydrogen-bond donors (Lipinski definition) is 0. The second-order valence-electron chi connectivity index (χ2n) is 3.71. The van der Waals surface area contributed by atoms with Crippen molar-refractivity contribution in [3.8, 4) is 0 Å². The van der Waals surface area contributed by atoms with Gasteiger partial charge in [-0.25, -0.2) is 0 Å². The van der Waals surface area contributed by atoms with Crippen LogP contribution in [0.5, 0.6) is 0 Å². The largest absolute Gasteiger partial charge is 0.454 e. The van der Waals surface area contributed by atoms with Gasteiger partial charge in [-0.1, -0.05) is 23.7 Å². The number of ether oxygens (including phenoxy) is 1. The fourth-order valence-corrected chi connectivity index (χ4v) is 1.83. The van der Waals surface area contributed by atoms with Crippen LogP contribution in [0, 0.1) is 0 Å². The molecule has 0 aromatic heterocycles. The standard InChI is InChI=1S/C11H11ClO2/c1-11(7-6-10(13)14-11)8-2-4-9(12)5-3-8/h2-5H,6-7H2,1H3/t11-/m0/s1. The second-order valence-corrected chi connectivity index (χ2v) is 4.15. The van der Waals surface area contributed by atoms with Crippen molar-refractivity contribution in [3.05, 3.63) is 34.9 Å². The van der Waals surface area contributed by atoms with Gasteiger partial charge in [0.2, 0.25) is 0 Å². The first kappa shape index (κ1) is 9.53. The summed E-state index contributed by atoms with van der Waals surface area (Å²) in [6.07, 6.45) is 1.24. The number of esters is 1. The summed E-state index contributed by atoms with van der Waals surface area (Å²) in [5, 5.41) is 0.696. The van der Waals surface area contributed by atoms with Crippen molar-refractivity contribution in [1.29, 1.82) is 0 Å². The minimum absolute atomic E-state index is 0.123. The molecule has 0 unspecified atom stereocenters. The van der Waals surface area contributed by atoms with Crippen LogP contribution in [0.25, 0.3) is 0 Å². The lowest BCUT2D eigenvalue weighted by Gasteiger charge is -2.22. The average Bonchev–Trinajstić information content (AvgIpc) is 2.48. The highest BCUT2D eigenvalue weighted by Gasteiger charge is 2.37. The summed E-state index contributed by atoms with van der Waals surface area (Å²) in [6.45, 7) is 1.93. The number of halogens is 1. The molecule has 0 amide bonds. The van der Waals surface area contributed by atoms with Crippen molar-refractivity contribution < 1.29 is 9.53 Å². The predicted octanol–water partition coefficient (Wildman–Crippen LogP) is 2.89. The molecule has 0 radical (unpaired) electrons. The van der Waals surface area contributed by atoms with Crippen LogP contribution in [0.15, 0.2) is 24.3 Å². The molecule has 1 fully saturated rings. The molecule has 0 bridgehead atoms. The number of hydrogen-bond acceptors (Lipinski definition) is 2. The first-order chi connectivity index (χ1) is 6.60. The molecule has 3 heteroatoms. The van der Waals surface area contributed by atoms with Gasteiger partial charge in [-0.05, 0) is 24.6 Å². The molecule has 1 aliphatic rings.